The minimum Gasteiger partial charge on any atom is -0.349 e. The van der Waals surface area contributed by atoms with Crippen LogP contribution >= 0.6 is 0 Å². The van der Waals surface area contributed by atoms with Crippen LogP contribution in [-0.4, -0.2) is 37.6 Å². The van der Waals surface area contributed by atoms with Crippen LogP contribution < -0.4 is 15.8 Å². The standard InChI is InChI=1S/C20H23FN6O2/c1-20(2,3)25-19(29)14-11-23-27-8-6-16(24-17(14)27)26-7-4-5-15(26)13-9-12(21)10-22-18(13)28/h6,8-11,15H,4-5,7H2,1-3H3,(H,22,28)(H,25,29). The van der Waals surface area contributed by atoms with Crippen molar-refractivity contribution in [3.63, 3.8) is 0 Å². The van der Waals surface area contributed by atoms with Gasteiger partial charge in [0, 0.05) is 30.0 Å². The van der Waals surface area contributed by atoms with Crippen molar-refractivity contribution in [2.75, 3.05) is 11.4 Å². The topological polar surface area (TPSA) is 95.4 Å². The van der Waals surface area contributed by atoms with Gasteiger partial charge in [0.15, 0.2) is 5.65 Å². The van der Waals surface area contributed by atoms with Crippen molar-refractivity contribution in [3.8, 4) is 0 Å². The highest BCUT2D eigenvalue weighted by atomic mass is 19.1. The molecule has 0 aromatic carbocycles. The average Bonchev–Trinajstić information content (AvgIpc) is 3.28. The highest BCUT2D eigenvalue weighted by Crippen LogP contribution is 2.34. The van der Waals surface area contributed by atoms with Crippen molar-refractivity contribution in [1.29, 1.82) is 0 Å². The van der Waals surface area contributed by atoms with E-state index in [2.05, 4.69) is 20.4 Å². The van der Waals surface area contributed by atoms with Gasteiger partial charge in [-0.1, -0.05) is 0 Å². The van der Waals surface area contributed by atoms with Crippen molar-refractivity contribution >= 4 is 17.4 Å². The third-order valence-electron chi connectivity index (χ3n) is 4.89. The van der Waals surface area contributed by atoms with Crippen LogP contribution in [0.15, 0.2) is 35.5 Å². The summed E-state index contributed by atoms with van der Waals surface area (Å²) in [5.41, 5.74) is 0.494. The fourth-order valence-electron chi connectivity index (χ4n) is 3.67. The Morgan fingerprint density at radius 2 is 2.17 bits per heavy atom. The Labute approximate surface area is 166 Å². The van der Waals surface area contributed by atoms with Gasteiger partial charge in [-0.15, -0.1) is 0 Å². The van der Waals surface area contributed by atoms with E-state index < -0.39 is 5.82 Å². The summed E-state index contributed by atoms with van der Waals surface area (Å²) in [5.74, 6) is -0.113. The number of amides is 1. The molecule has 1 aliphatic heterocycles. The van der Waals surface area contributed by atoms with Gasteiger partial charge in [0.1, 0.15) is 17.2 Å². The summed E-state index contributed by atoms with van der Waals surface area (Å²) in [4.78, 5) is 34.0. The summed E-state index contributed by atoms with van der Waals surface area (Å²) >= 11 is 0. The maximum atomic E-state index is 13.7. The van der Waals surface area contributed by atoms with Crippen molar-refractivity contribution in [1.82, 2.24) is 24.9 Å². The molecule has 3 aromatic rings. The van der Waals surface area contributed by atoms with Gasteiger partial charge in [-0.3, -0.25) is 9.59 Å². The second-order valence-corrected chi connectivity index (χ2v) is 8.27. The summed E-state index contributed by atoms with van der Waals surface area (Å²) < 4.78 is 15.3. The van der Waals surface area contributed by atoms with Gasteiger partial charge in [-0.2, -0.15) is 5.10 Å². The number of nitrogens with one attached hydrogen (secondary N) is 2. The molecule has 1 unspecified atom stereocenters. The molecule has 0 radical (unpaired) electrons. The van der Waals surface area contributed by atoms with Crippen molar-refractivity contribution in [2.24, 2.45) is 0 Å². The van der Waals surface area contributed by atoms with Gasteiger partial charge in [0.05, 0.1) is 12.2 Å². The number of rotatable bonds is 3. The number of hydrogen-bond donors (Lipinski definition) is 2. The second-order valence-electron chi connectivity index (χ2n) is 8.27. The number of carbonyl (C=O) groups excluding carboxylic acids is 1. The molecule has 0 saturated carbocycles. The molecule has 3 aromatic heterocycles. The molecule has 1 atom stereocenters. The molecule has 9 heteroatoms. The van der Waals surface area contributed by atoms with Crippen molar-refractivity contribution < 1.29 is 9.18 Å². The third kappa shape index (κ3) is 3.72. The quantitative estimate of drug-likeness (QED) is 0.707. The van der Waals surface area contributed by atoms with E-state index >= 15 is 0 Å². The van der Waals surface area contributed by atoms with Gasteiger partial charge in [-0.05, 0) is 45.7 Å². The van der Waals surface area contributed by atoms with Crippen LogP contribution in [0, 0.1) is 5.82 Å². The Balaban J connectivity index is 1.72. The zero-order chi connectivity index (χ0) is 20.8. The molecule has 0 bridgehead atoms. The number of pyridine rings is 1. The second kappa shape index (κ2) is 6.98. The van der Waals surface area contributed by atoms with Crippen LogP contribution in [0.3, 0.4) is 0 Å². The summed E-state index contributed by atoms with van der Waals surface area (Å²) in [6.45, 7) is 6.39. The molecular formula is C20H23FN6O2. The number of aromatic amines is 1. The van der Waals surface area contributed by atoms with Crippen LogP contribution in [0.25, 0.3) is 5.65 Å². The van der Waals surface area contributed by atoms with Crippen molar-refractivity contribution in [3.05, 3.63) is 58.0 Å². The number of nitrogens with zero attached hydrogens (tertiary/aromatic N) is 4. The molecule has 1 saturated heterocycles. The van der Waals surface area contributed by atoms with Crippen LogP contribution in [0.5, 0.6) is 0 Å². The molecule has 1 amide bonds. The van der Waals surface area contributed by atoms with Crippen LogP contribution in [0.2, 0.25) is 0 Å². The van der Waals surface area contributed by atoms with E-state index in [1.54, 1.807) is 16.8 Å². The zero-order valence-electron chi connectivity index (χ0n) is 16.6. The number of anilines is 1. The van der Waals surface area contributed by atoms with Gasteiger partial charge < -0.3 is 15.2 Å². The van der Waals surface area contributed by atoms with Crippen LogP contribution in [-0.2, 0) is 0 Å². The monoisotopic (exact) mass is 398 g/mol. The Hall–Kier alpha value is -3.23. The van der Waals surface area contributed by atoms with Crippen LogP contribution in [0.1, 0.15) is 55.6 Å². The molecule has 4 heterocycles. The number of carbonyl (C=O) groups is 1. The Morgan fingerprint density at radius 1 is 1.38 bits per heavy atom. The van der Waals surface area contributed by atoms with E-state index in [0.717, 1.165) is 19.0 Å². The normalized spacial score (nSPS) is 17.1. The summed E-state index contributed by atoms with van der Waals surface area (Å²) in [6.07, 6.45) is 5.85. The average molecular weight is 398 g/mol. The van der Waals surface area contributed by atoms with Gasteiger partial charge in [0.2, 0.25) is 0 Å². The van der Waals surface area contributed by atoms with Gasteiger partial charge >= 0.3 is 0 Å². The first-order chi connectivity index (χ1) is 13.7. The Kier molecular flexibility index (Phi) is 4.60. The molecule has 0 aliphatic carbocycles. The number of H-pyrrole nitrogens is 1. The minimum atomic E-state index is -0.480. The molecular weight excluding hydrogens is 375 g/mol. The van der Waals surface area contributed by atoms with Crippen LogP contribution in [0.4, 0.5) is 10.2 Å². The SMILES string of the molecule is CC(C)(C)NC(=O)c1cnn2ccc(N3CCCC3c3cc(F)c[nH]c3=O)nc12. The minimum absolute atomic E-state index is 0.253. The molecule has 0 spiro atoms. The highest BCUT2D eigenvalue weighted by Gasteiger charge is 2.30. The van der Waals surface area contributed by atoms with E-state index in [-0.39, 0.29) is 23.0 Å². The maximum absolute atomic E-state index is 13.7. The predicted molar refractivity (Wildman–Crippen MR) is 107 cm³/mol. The summed E-state index contributed by atoms with van der Waals surface area (Å²) in [5, 5.41) is 7.13. The Morgan fingerprint density at radius 3 is 2.93 bits per heavy atom. The predicted octanol–water partition coefficient (Wildman–Crippen LogP) is 2.43. The maximum Gasteiger partial charge on any atom is 0.257 e. The molecule has 2 N–H and O–H groups in total. The van der Waals surface area contributed by atoms with E-state index in [1.807, 2.05) is 25.7 Å². The van der Waals surface area contributed by atoms with E-state index in [1.165, 1.54) is 12.3 Å². The lowest BCUT2D eigenvalue weighted by Gasteiger charge is -2.25. The fraction of sp³-hybridized carbons (Fsp3) is 0.400. The number of fused-ring (bicyclic) bond motifs is 1. The fourth-order valence-corrected chi connectivity index (χ4v) is 3.67. The third-order valence-corrected chi connectivity index (χ3v) is 4.89. The lowest BCUT2D eigenvalue weighted by atomic mass is 10.1. The molecule has 8 nitrogen and oxygen atoms in total. The van der Waals surface area contributed by atoms with Gasteiger partial charge in [-0.25, -0.2) is 13.9 Å². The Bertz CT molecular complexity index is 1130. The largest absolute Gasteiger partial charge is 0.349 e. The first-order valence-corrected chi connectivity index (χ1v) is 9.54. The number of hydrogen-bond acceptors (Lipinski definition) is 5. The van der Waals surface area contributed by atoms with E-state index in [4.69, 9.17) is 0 Å². The van der Waals surface area contributed by atoms with Crippen molar-refractivity contribution in [2.45, 2.75) is 45.2 Å². The number of aromatic nitrogens is 4. The summed E-state index contributed by atoms with van der Waals surface area (Å²) in [7, 11) is 0. The summed E-state index contributed by atoms with van der Waals surface area (Å²) in [6, 6.07) is 2.79. The smallest absolute Gasteiger partial charge is 0.257 e. The van der Waals surface area contributed by atoms with Gasteiger partial charge in [0.25, 0.3) is 11.5 Å². The molecule has 152 valence electrons. The molecule has 4 rings (SSSR count). The molecule has 1 aliphatic rings. The van der Waals surface area contributed by atoms with E-state index in [9.17, 15) is 14.0 Å². The first kappa shape index (κ1) is 19.1. The molecule has 29 heavy (non-hydrogen) atoms. The number of halogens is 1. The van der Waals surface area contributed by atoms with E-state index in [0.29, 0.717) is 29.1 Å². The highest BCUT2D eigenvalue weighted by molar-refractivity contribution is 6.00. The first-order valence-electron chi connectivity index (χ1n) is 9.54. The molecule has 1 fully saturated rings. The lowest BCUT2D eigenvalue weighted by molar-refractivity contribution is 0.0921. The lowest BCUT2D eigenvalue weighted by Crippen LogP contribution is -2.40. The zero-order valence-corrected chi connectivity index (χ0v) is 16.6.